The van der Waals surface area contributed by atoms with Crippen LogP contribution in [-0.2, 0) is 9.63 Å². The van der Waals surface area contributed by atoms with Crippen LogP contribution in [0.3, 0.4) is 0 Å². The largest absolute Gasteiger partial charge is 0.272 e. The maximum atomic E-state index is 11.2. The summed E-state index contributed by atoms with van der Waals surface area (Å²) in [5, 5.41) is 1.39. The van der Waals surface area contributed by atoms with Crippen LogP contribution in [0, 0.1) is 11.8 Å². The van der Waals surface area contributed by atoms with Crippen molar-refractivity contribution < 1.29 is 9.63 Å². The molecule has 0 aromatic carbocycles. The Hall–Kier alpha value is -0.570. The highest BCUT2D eigenvalue weighted by molar-refractivity contribution is 5.80. The third-order valence-corrected chi connectivity index (χ3v) is 2.32. The van der Waals surface area contributed by atoms with E-state index in [0.29, 0.717) is 18.4 Å². The van der Waals surface area contributed by atoms with Gasteiger partial charge in [0.25, 0.3) is 0 Å². The summed E-state index contributed by atoms with van der Waals surface area (Å²) in [6, 6.07) is 0. The highest BCUT2D eigenvalue weighted by Gasteiger charge is 2.45. The minimum Gasteiger partial charge on any atom is -0.272 e. The topological polar surface area (TPSA) is 29.5 Å². The van der Waals surface area contributed by atoms with E-state index in [1.54, 1.807) is 7.05 Å². The number of carbonyl (C=O) groups is 1. The molecule has 1 saturated heterocycles. The number of amides is 1. The van der Waals surface area contributed by atoms with E-state index < -0.39 is 0 Å². The predicted octanol–water partition coefficient (Wildman–Crippen LogP) is 0.416. The molecule has 0 radical (unpaired) electrons. The lowest BCUT2D eigenvalue weighted by Crippen LogP contribution is -2.27. The molecule has 1 amide bonds. The van der Waals surface area contributed by atoms with Crippen molar-refractivity contribution in [3.63, 3.8) is 0 Å². The highest BCUT2D eigenvalue weighted by Crippen LogP contribution is 2.43. The average Bonchev–Trinajstić information content (AvgIpc) is 2.64. The van der Waals surface area contributed by atoms with Crippen LogP contribution in [0.15, 0.2) is 0 Å². The number of hydrogen-bond acceptors (Lipinski definition) is 2. The molecule has 1 saturated carbocycles. The summed E-state index contributed by atoms with van der Waals surface area (Å²) in [6.45, 7) is 0.712. The molecule has 2 rings (SSSR count). The van der Waals surface area contributed by atoms with Gasteiger partial charge in [0.2, 0.25) is 5.91 Å². The Kier molecular flexibility index (Phi) is 1.20. The Morgan fingerprint density at radius 1 is 1.70 bits per heavy atom. The van der Waals surface area contributed by atoms with E-state index in [9.17, 15) is 4.79 Å². The first-order valence-electron chi connectivity index (χ1n) is 3.69. The van der Waals surface area contributed by atoms with E-state index in [-0.39, 0.29) is 5.91 Å². The number of hydrogen-bond donors (Lipinski definition) is 0. The maximum absolute atomic E-state index is 11.2. The van der Waals surface area contributed by atoms with Crippen LogP contribution >= 0.6 is 0 Å². The second-order valence-electron chi connectivity index (χ2n) is 3.06. The van der Waals surface area contributed by atoms with Crippen molar-refractivity contribution in [2.24, 2.45) is 11.8 Å². The van der Waals surface area contributed by atoms with Gasteiger partial charge in [-0.25, -0.2) is 5.06 Å². The van der Waals surface area contributed by atoms with Crippen LogP contribution in [0.5, 0.6) is 0 Å². The van der Waals surface area contributed by atoms with Crippen LogP contribution in [-0.4, -0.2) is 24.6 Å². The molecule has 1 aliphatic heterocycles. The molecule has 2 fully saturated rings. The highest BCUT2D eigenvalue weighted by atomic mass is 16.7. The quantitative estimate of drug-likeness (QED) is 0.489. The van der Waals surface area contributed by atoms with Gasteiger partial charge in [0.15, 0.2) is 0 Å². The van der Waals surface area contributed by atoms with Crippen LogP contribution in [0.1, 0.15) is 12.8 Å². The molecule has 3 nitrogen and oxygen atoms in total. The second-order valence-corrected chi connectivity index (χ2v) is 3.06. The zero-order valence-electron chi connectivity index (χ0n) is 6.04. The monoisotopic (exact) mass is 141 g/mol. The summed E-state index contributed by atoms with van der Waals surface area (Å²) in [5.41, 5.74) is 0. The Morgan fingerprint density at radius 2 is 2.50 bits per heavy atom. The molecule has 0 aromatic rings. The fraction of sp³-hybridized carbons (Fsp3) is 0.857. The molecule has 0 N–H and O–H groups in total. The van der Waals surface area contributed by atoms with Crippen LogP contribution in [0.4, 0.5) is 0 Å². The van der Waals surface area contributed by atoms with Crippen LogP contribution < -0.4 is 0 Å². The van der Waals surface area contributed by atoms with E-state index in [4.69, 9.17) is 4.84 Å². The molecule has 0 aromatic heterocycles. The van der Waals surface area contributed by atoms with Crippen molar-refractivity contribution in [1.29, 1.82) is 0 Å². The van der Waals surface area contributed by atoms with Gasteiger partial charge >= 0.3 is 0 Å². The molecule has 56 valence electrons. The summed E-state index contributed by atoms with van der Waals surface area (Å²) in [4.78, 5) is 16.3. The number of hydroxylamine groups is 2. The lowest BCUT2D eigenvalue weighted by Gasteiger charge is -2.13. The fourth-order valence-electron chi connectivity index (χ4n) is 1.51. The van der Waals surface area contributed by atoms with Crippen molar-refractivity contribution >= 4 is 5.91 Å². The van der Waals surface area contributed by atoms with E-state index in [0.717, 1.165) is 12.8 Å². The van der Waals surface area contributed by atoms with Crippen molar-refractivity contribution in [2.45, 2.75) is 12.8 Å². The Bertz CT molecular complexity index is 165. The lowest BCUT2D eigenvalue weighted by atomic mass is 10.2. The molecule has 1 aliphatic carbocycles. The normalized spacial score (nSPS) is 38.9. The maximum Gasteiger partial charge on any atom is 0.249 e. The molecule has 10 heavy (non-hydrogen) atoms. The number of carbonyl (C=O) groups excluding carboxylic acids is 1. The lowest BCUT2D eigenvalue weighted by molar-refractivity contribution is -0.176. The summed E-state index contributed by atoms with van der Waals surface area (Å²) in [7, 11) is 1.70. The van der Waals surface area contributed by atoms with Crippen molar-refractivity contribution in [3.05, 3.63) is 0 Å². The van der Waals surface area contributed by atoms with Crippen LogP contribution in [0.25, 0.3) is 0 Å². The summed E-state index contributed by atoms with van der Waals surface area (Å²) in [6.07, 6.45) is 2.15. The molecular formula is C7H11NO2. The van der Waals surface area contributed by atoms with E-state index in [1.807, 2.05) is 0 Å². The Balaban J connectivity index is 2.08. The zero-order valence-corrected chi connectivity index (χ0v) is 6.04. The first kappa shape index (κ1) is 6.16. The van der Waals surface area contributed by atoms with Gasteiger partial charge in [-0.05, 0) is 18.8 Å². The second kappa shape index (κ2) is 1.95. The van der Waals surface area contributed by atoms with Crippen molar-refractivity contribution in [1.82, 2.24) is 5.06 Å². The van der Waals surface area contributed by atoms with Gasteiger partial charge in [0.05, 0.1) is 6.61 Å². The molecule has 2 atom stereocenters. The van der Waals surface area contributed by atoms with Gasteiger partial charge in [0.1, 0.15) is 0 Å². The number of nitrogens with zero attached hydrogens (tertiary/aromatic N) is 1. The van der Waals surface area contributed by atoms with Crippen molar-refractivity contribution in [2.75, 3.05) is 13.7 Å². The predicted molar refractivity (Wildman–Crippen MR) is 34.9 cm³/mol. The van der Waals surface area contributed by atoms with E-state index in [2.05, 4.69) is 0 Å². The van der Waals surface area contributed by atoms with Gasteiger partial charge in [-0.15, -0.1) is 0 Å². The first-order valence-corrected chi connectivity index (χ1v) is 3.69. The Labute approximate surface area is 59.9 Å². The molecule has 1 heterocycles. The van der Waals surface area contributed by atoms with Crippen molar-refractivity contribution in [3.8, 4) is 0 Å². The number of rotatable bonds is 0. The summed E-state index contributed by atoms with van der Waals surface area (Å²) < 4.78 is 0. The Morgan fingerprint density at radius 3 is 3.30 bits per heavy atom. The van der Waals surface area contributed by atoms with Gasteiger partial charge in [-0.3, -0.25) is 9.63 Å². The SMILES string of the molecule is CN1OCC[C@@H]2C[C@@H]2C1=O. The summed E-state index contributed by atoms with van der Waals surface area (Å²) >= 11 is 0. The minimum atomic E-state index is 0.169. The smallest absolute Gasteiger partial charge is 0.249 e. The number of fused-ring (bicyclic) bond motifs is 1. The molecule has 0 bridgehead atoms. The molecule has 0 unspecified atom stereocenters. The van der Waals surface area contributed by atoms with Gasteiger partial charge < -0.3 is 0 Å². The zero-order chi connectivity index (χ0) is 7.14. The van der Waals surface area contributed by atoms with Crippen LogP contribution in [0.2, 0.25) is 0 Å². The van der Waals surface area contributed by atoms with Gasteiger partial charge in [-0.2, -0.15) is 0 Å². The average molecular weight is 141 g/mol. The van der Waals surface area contributed by atoms with Gasteiger partial charge in [-0.1, -0.05) is 0 Å². The molecule has 2 aliphatic rings. The van der Waals surface area contributed by atoms with E-state index in [1.165, 1.54) is 5.06 Å². The fourth-order valence-corrected chi connectivity index (χ4v) is 1.51. The molecule has 3 heteroatoms. The third kappa shape index (κ3) is 0.814. The summed E-state index contributed by atoms with van der Waals surface area (Å²) in [5.74, 6) is 1.10. The first-order chi connectivity index (χ1) is 4.79. The standard InChI is InChI=1S/C7H11NO2/c1-8-7(9)6-4-5(6)2-3-10-8/h5-6H,2-4H2,1H3/t5-,6+/m1/s1. The van der Waals surface area contributed by atoms with E-state index >= 15 is 0 Å². The van der Waals surface area contributed by atoms with Gasteiger partial charge in [0, 0.05) is 13.0 Å². The third-order valence-electron chi connectivity index (χ3n) is 2.32. The molecule has 0 spiro atoms. The molecular weight excluding hydrogens is 130 g/mol. The minimum absolute atomic E-state index is 0.169.